The van der Waals surface area contributed by atoms with Crippen LogP contribution in [0, 0.1) is 10.8 Å². The molecule has 338 valence electrons. The zero-order valence-electron chi connectivity index (χ0n) is 37.7. The van der Waals surface area contributed by atoms with E-state index in [0.29, 0.717) is 26.1 Å². The van der Waals surface area contributed by atoms with Crippen molar-refractivity contribution in [3.8, 4) is 21.8 Å². The van der Waals surface area contributed by atoms with Crippen LogP contribution >= 0.6 is 11.3 Å². The minimum Gasteiger partial charge on any atom is -0.453 e. The van der Waals surface area contributed by atoms with Gasteiger partial charge in [0.05, 0.1) is 37.2 Å². The number of carbonyl (C=O) groups is 4. The normalized spacial score (nSPS) is 15.5. The van der Waals surface area contributed by atoms with Gasteiger partial charge in [-0.25, -0.2) is 14.6 Å². The summed E-state index contributed by atoms with van der Waals surface area (Å²) in [5.41, 5.74) is 3.79. The summed E-state index contributed by atoms with van der Waals surface area (Å²) in [4.78, 5) is 72.1. The lowest BCUT2D eigenvalue weighted by Crippen LogP contribution is -2.59. The van der Waals surface area contributed by atoms with Crippen molar-refractivity contribution in [3.05, 3.63) is 126 Å². The number of amides is 5. The molecule has 5 amide bonds. The number of rotatable bonds is 17. The van der Waals surface area contributed by atoms with Gasteiger partial charge in [0.2, 0.25) is 11.8 Å². The molecule has 0 unspecified atom stereocenters. The lowest BCUT2D eigenvalue weighted by atomic mass is 9.84. The number of carbonyl (C=O) groups excluding carboxylic acids is 4. The zero-order chi connectivity index (χ0) is 46.0. The molecule has 0 radical (unpaired) electrons. The molecule has 1 saturated heterocycles. The van der Waals surface area contributed by atoms with Gasteiger partial charge in [0.25, 0.3) is 0 Å². The lowest BCUT2D eigenvalue weighted by molar-refractivity contribution is -0.130. The Balaban J connectivity index is 1.24. The van der Waals surface area contributed by atoms with Crippen molar-refractivity contribution in [2.24, 2.45) is 10.8 Å². The topological polar surface area (TPSA) is 179 Å². The summed E-state index contributed by atoms with van der Waals surface area (Å²) in [6.45, 7) is 12.4. The summed E-state index contributed by atoms with van der Waals surface area (Å²) in [5.74, 6) is -0.837. The molecule has 0 saturated carbocycles. The SMILES string of the molecule is COC(=O)N[C@H](C(=O)N[C@@H](Cc1ccc(-c2ccccn2)cc1)[C@@H](O)C[C@H](Cc1ccccc1)NC(=O)[C@@H](N1CCN(Cc2csc(-c3cccnc3)n2)C1=O)C(C)(C)C)C(C)(C)C. The Hall–Kier alpha value is -6.19. The lowest BCUT2D eigenvalue weighted by Gasteiger charge is -2.38. The van der Waals surface area contributed by atoms with Crippen molar-refractivity contribution in [1.29, 1.82) is 0 Å². The molecule has 3 aromatic heterocycles. The van der Waals surface area contributed by atoms with Crippen molar-refractivity contribution in [2.45, 2.75) is 97.6 Å². The van der Waals surface area contributed by atoms with Gasteiger partial charge in [-0.3, -0.25) is 19.6 Å². The molecule has 0 aliphatic carbocycles. The predicted molar refractivity (Wildman–Crippen MR) is 248 cm³/mol. The van der Waals surface area contributed by atoms with Crippen LogP contribution in [-0.2, 0) is 33.7 Å². The molecule has 2 aromatic carbocycles. The van der Waals surface area contributed by atoms with Crippen LogP contribution in [0.1, 0.15) is 64.8 Å². The standard InChI is InChI=1S/C49H60N8O6S/c1-48(2,3)41(55-46(61)63-7)43(59)54-39(27-33-18-20-34(21-19-33)38-17-11-12-23-51-38)40(58)28-36(26-32-14-9-8-10-15-32)52-44(60)42(49(4,5)6)57-25-24-56(47(57)62)30-37-31-64-45(53-37)35-16-13-22-50-29-35/h8-23,29,31,36,39-42,58H,24-28,30H2,1-7H3,(H,52,60)(H,54,59)(H,55,61)/t36-,39-,40-,41+,42+/m0/s1. The number of pyridine rings is 2. The highest BCUT2D eigenvalue weighted by atomic mass is 32.1. The van der Waals surface area contributed by atoms with E-state index in [2.05, 4.69) is 25.9 Å². The second-order valence-electron chi connectivity index (χ2n) is 18.4. The number of hydrogen-bond acceptors (Lipinski definition) is 10. The predicted octanol–water partition coefficient (Wildman–Crippen LogP) is 6.90. The summed E-state index contributed by atoms with van der Waals surface area (Å²) in [6.07, 6.45) is 3.95. The van der Waals surface area contributed by atoms with Crippen molar-refractivity contribution in [1.82, 2.24) is 40.7 Å². The molecule has 64 heavy (non-hydrogen) atoms. The van der Waals surface area contributed by atoms with E-state index in [1.807, 2.05) is 132 Å². The highest BCUT2D eigenvalue weighted by Crippen LogP contribution is 2.30. The molecule has 15 heteroatoms. The smallest absolute Gasteiger partial charge is 0.407 e. The summed E-state index contributed by atoms with van der Waals surface area (Å²) in [5, 5.41) is 24.0. The van der Waals surface area contributed by atoms with Gasteiger partial charge in [-0.2, -0.15) is 0 Å². The molecule has 1 fully saturated rings. The van der Waals surface area contributed by atoms with E-state index in [-0.39, 0.29) is 24.8 Å². The molecule has 0 spiro atoms. The third-order valence-electron chi connectivity index (χ3n) is 11.3. The number of benzene rings is 2. The maximum absolute atomic E-state index is 14.7. The van der Waals surface area contributed by atoms with Crippen molar-refractivity contribution in [3.63, 3.8) is 0 Å². The maximum atomic E-state index is 14.7. The summed E-state index contributed by atoms with van der Waals surface area (Å²) < 4.78 is 4.85. The number of aromatic nitrogens is 3. The molecule has 14 nitrogen and oxygen atoms in total. The highest BCUT2D eigenvalue weighted by molar-refractivity contribution is 7.13. The highest BCUT2D eigenvalue weighted by Gasteiger charge is 2.44. The molecule has 6 rings (SSSR count). The molecule has 5 aromatic rings. The van der Waals surface area contributed by atoms with Crippen LogP contribution in [0.5, 0.6) is 0 Å². The number of nitrogens with zero attached hydrogens (tertiary/aromatic N) is 5. The van der Waals surface area contributed by atoms with E-state index >= 15 is 0 Å². The first-order valence-corrected chi connectivity index (χ1v) is 22.5. The van der Waals surface area contributed by atoms with Gasteiger partial charge in [0.15, 0.2) is 0 Å². The Morgan fingerprint density at radius 3 is 2.16 bits per heavy atom. The number of aliphatic hydroxyl groups excluding tert-OH is 1. The number of hydrogen-bond donors (Lipinski definition) is 4. The molecular weight excluding hydrogens is 829 g/mol. The third kappa shape index (κ3) is 12.5. The van der Waals surface area contributed by atoms with Gasteiger partial charge in [-0.15, -0.1) is 11.3 Å². The second kappa shape index (κ2) is 21.0. The Kier molecular flexibility index (Phi) is 15.5. The van der Waals surface area contributed by atoms with E-state index in [1.165, 1.54) is 18.4 Å². The molecular formula is C49H60N8O6S. The van der Waals surface area contributed by atoms with E-state index in [4.69, 9.17) is 9.72 Å². The fraction of sp³-hybridized carbons (Fsp3) is 0.408. The average molecular weight is 889 g/mol. The van der Waals surface area contributed by atoms with Crippen LogP contribution in [0.3, 0.4) is 0 Å². The molecule has 4 heterocycles. The first-order chi connectivity index (χ1) is 30.5. The number of ether oxygens (including phenoxy) is 1. The van der Waals surface area contributed by atoms with E-state index < -0.39 is 53.1 Å². The third-order valence-corrected chi connectivity index (χ3v) is 12.2. The van der Waals surface area contributed by atoms with Crippen molar-refractivity contribution in [2.75, 3.05) is 20.2 Å². The molecule has 1 aliphatic rings. The first kappa shape index (κ1) is 47.3. The number of thiazole rings is 1. The van der Waals surface area contributed by atoms with Gasteiger partial charge in [-0.1, -0.05) is 102 Å². The van der Waals surface area contributed by atoms with Gasteiger partial charge >= 0.3 is 12.1 Å². The number of nitrogens with one attached hydrogen (secondary N) is 3. The van der Waals surface area contributed by atoms with Crippen LogP contribution in [-0.4, -0.2) is 104 Å². The molecule has 1 aliphatic heterocycles. The van der Waals surface area contributed by atoms with Crippen LogP contribution in [0.2, 0.25) is 0 Å². The van der Waals surface area contributed by atoms with Gasteiger partial charge in [0.1, 0.15) is 17.1 Å². The maximum Gasteiger partial charge on any atom is 0.407 e. The summed E-state index contributed by atoms with van der Waals surface area (Å²) in [6, 6.07) is 23.4. The van der Waals surface area contributed by atoms with Crippen LogP contribution in [0.15, 0.2) is 109 Å². The fourth-order valence-electron chi connectivity index (χ4n) is 8.02. The second-order valence-corrected chi connectivity index (χ2v) is 19.3. The number of alkyl carbamates (subject to hydrolysis) is 1. The minimum atomic E-state index is -1.17. The quantitative estimate of drug-likeness (QED) is 0.0774. The molecule has 5 atom stereocenters. The molecule has 0 bridgehead atoms. The number of aliphatic hydroxyl groups is 1. The fourth-order valence-corrected chi connectivity index (χ4v) is 8.82. The Morgan fingerprint density at radius 2 is 1.52 bits per heavy atom. The van der Waals surface area contributed by atoms with Gasteiger partial charge < -0.3 is 35.6 Å². The number of urea groups is 1. The van der Waals surface area contributed by atoms with E-state index in [0.717, 1.165) is 38.6 Å². The summed E-state index contributed by atoms with van der Waals surface area (Å²) in [7, 11) is 1.23. The minimum absolute atomic E-state index is 0.0578. The monoisotopic (exact) mass is 888 g/mol. The van der Waals surface area contributed by atoms with Crippen molar-refractivity contribution < 1.29 is 29.0 Å². The largest absolute Gasteiger partial charge is 0.453 e. The zero-order valence-corrected chi connectivity index (χ0v) is 38.5. The Labute approximate surface area is 379 Å². The molecule has 4 N–H and O–H groups in total. The van der Waals surface area contributed by atoms with E-state index in [9.17, 15) is 24.3 Å². The summed E-state index contributed by atoms with van der Waals surface area (Å²) >= 11 is 1.49. The van der Waals surface area contributed by atoms with Gasteiger partial charge in [0, 0.05) is 54.2 Å². The van der Waals surface area contributed by atoms with E-state index in [1.54, 1.807) is 28.4 Å². The van der Waals surface area contributed by atoms with Crippen molar-refractivity contribution >= 4 is 35.3 Å². The van der Waals surface area contributed by atoms with Crippen LogP contribution in [0.4, 0.5) is 9.59 Å². The van der Waals surface area contributed by atoms with Gasteiger partial charge in [-0.05, 0) is 65.5 Å². The van der Waals surface area contributed by atoms with Crippen LogP contribution in [0.25, 0.3) is 21.8 Å². The Morgan fingerprint density at radius 1 is 0.797 bits per heavy atom. The first-order valence-electron chi connectivity index (χ1n) is 21.6. The van der Waals surface area contributed by atoms with Crippen LogP contribution < -0.4 is 16.0 Å². The number of methoxy groups -OCH3 is 1. The Bertz CT molecular complexity index is 2320. The average Bonchev–Trinajstić information content (AvgIpc) is 3.88.